The molecular formula is C16H5F18N3O4. The third kappa shape index (κ3) is 5.60. The summed E-state index contributed by atoms with van der Waals surface area (Å²) in [7, 11) is 0. The van der Waals surface area contributed by atoms with Gasteiger partial charge in [-0.3, -0.25) is 19.7 Å². The van der Waals surface area contributed by atoms with Gasteiger partial charge in [-0.05, 0) is 12.1 Å². The third-order valence-corrected chi connectivity index (χ3v) is 4.56. The Bertz CT molecular complexity index is 1210. The van der Waals surface area contributed by atoms with Crippen LogP contribution < -0.4 is 10.6 Å². The van der Waals surface area contributed by atoms with Crippen LogP contribution in [-0.2, 0) is 9.59 Å². The van der Waals surface area contributed by atoms with Gasteiger partial charge in [0.2, 0.25) is 0 Å². The minimum atomic E-state index is -7.64. The molecule has 41 heavy (non-hydrogen) atoms. The number of nitro groups is 1. The highest BCUT2D eigenvalue weighted by atomic mass is 19.4. The van der Waals surface area contributed by atoms with Crippen LogP contribution in [0.15, 0.2) is 18.2 Å². The van der Waals surface area contributed by atoms with Gasteiger partial charge in [-0.1, -0.05) is 0 Å². The Morgan fingerprint density at radius 3 is 1.24 bits per heavy atom. The fourth-order valence-electron chi connectivity index (χ4n) is 2.32. The van der Waals surface area contributed by atoms with Crippen molar-refractivity contribution in [2.24, 2.45) is 0 Å². The van der Waals surface area contributed by atoms with Gasteiger partial charge < -0.3 is 10.6 Å². The van der Waals surface area contributed by atoms with Crippen LogP contribution in [0, 0.1) is 10.1 Å². The smallest absolute Gasteiger partial charge is 0.321 e. The molecule has 0 heterocycles. The summed E-state index contributed by atoms with van der Waals surface area (Å²) in [5, 5.41) is 11.7. The molecular weight excluding hydrogens is 640 g/mol. The molecule has 0 aliphatic carbocycles. The highest BCUT2D eigenvalue weighted by molar-refractivity contribution is 6.01. The summed E-state index contributed by atoms with van der Waals surface area (Å²) in [6.45, 7) is 0. The molecule has 25 heteroatoms. The number of rotatable bonds is 9. The van der Waals surface area contributed by atoms with Gasteiger partial charge in [-0.25, -0.2) is 0 Å². The van der Waals surface area contributed by atoms with Crippen molar-refractivity contribution in [1.29, 1.82) is 0 Å². The van der Waals surface area contributed by atoms with Gasteiger partial charge >= 0.3 is 59.7 Å². The van der Waals surface area contributed by atoms with Gasteiger partial charge in [0.1, 0.15) is 5.69 Å². The van der Waals surface area contributed by atoms with Crippen molar-refractivity contribution in [3.63, 3.8) is 0 Å². The topological polar surface area (TPSA) is 101 Å². The quantitative estimate of drug-likeness (QED) is 0.184. The largest absolute Gasteiger partial charge is 0.460 e. The second-order valence-electron chi connectivity index (χ2n) is 7.34. The van der Waals surface area contributed by atoms with E-state index in [9.17, 15) is 98.7 Å². The van der Waals surface area contributed by atoms with Crippen molar-refractivity contribution in [2.75, 3.05) is 10.6 Å². The van der Waals surface area contributed by atoms with Gasteiger partial charge in [0.15, 0.2) is 0 Å². The highest BCUT2D eigenvalue weighted by Gasteiger charge is 2.85. The average molecular weight is 645 g/mol. The van der Waals surface area contributed by atoms with Crippen molar-refractivity contribution in [2.45, 2.75) is 47.9 Å². The molecule has 0 saturated heterocycles. The summed E-state index contributed by atoms with van der Waals surface area (Å²) < 4.78 is 233. The molecule has 0 saturated carbocycles. The lowest BCUT2D eigenvalue weighted by atomic mass is 10.0. The van der Waals surface area contributed by atoms with Crippen LogP contribution in [0.1, 0.15) is 0 Å². The number of nitro benzene ring substituents is 1. The summed E-state index contributed by atoms with van der Waals surface area (Å²) in [6.07, 6.45) is -14.8. The van der Waals surface area contributed by atoms with Crippen LogP contribution in [0.5, 0.6) is 0 Å². The molecule has 1 aromatic rings. The summed E-state index contributed by atoms with van der Waals surface area (Å²) in [4.78, 5) is 32.1. The van der Waals surface area contributed by atoms with E-state index in [4.69, 9.17) is 0 Å². The van der Waals surface area contributed by atoms with Gasteiger partial charge in [0.25, 0.3) is 5.69 Å². The SMILES string of the molecule is O=C(Nc1ccc([N+](=O)[O-])c(NC(=O)C(F)(F)C(F)(F)C(F)(F)C(F)(F)F)c1)C(F)(F)C(F)(F)C(F)(F)C(F)(F)F. The lowest BCUT2D eigenvalue weighted by molar-refractivity contribution is -0.388. The number of nitrogens with one attached hydrogen (secondary N) is 2. The normalized spacial score (nSPS) is 14.5. The van der Waals surface area contributed by atoms with Crippen LogP contribution >= 0.6 is 0 Å². The molecule has 0 radical (unpaired) electrons. The van der Waals surface area contributed by atoms with Crippen molar-refractivity contribution in [3.8, 4) is 0 Å². The molecule has 1 rings (SSSR count). The van der Waals surface area contributed by atoms with Crippen molar-refractivity contribution >= 4 is 28.9 Å². The monoisotopic (exact) mass is 645 g/mol. The number of carbonyl (C=O) groups is 2. The van der Waals surface area contributed by atoms with E-state index in [1.54, 1.807) is 0 Å². The number of carbonyl (C=O) groups excluding carboxylic acids is 2. The van der Waals surface area contributed by atoms with E-state index in [0.29, 0.717) is 10.6 Å². The Labute approximate surface area is 210 Å². The molecule has 0 atom stereocenters. The average Bonchev–Trinajstić information content (AvgIpc) is 2.76. The van der Waals surface area contributed by atoms with E-state index >= 15 is 0 Å². The first kappa shape index (κ1) is 35.3. The first-order valence-corrected chi connectivity index (χ1v) is 9.14. The molecule has 234 valence electrons. The lowest BCUT2D eigenvalue weighted by Crippen LogP contribution is -2.64. The number of alkyl halides is 18. The fourth-order valence-corrected chi connectivity index (χ4v) is 2.32. The van der Waals surface area contributed by atoms with Crippen molar-refractivity contribution in [1.82, 2.24) is 0 Å². The maximum atomic E-state index is 13.7. The summed E-state index contributed by atoms with van der Waals surface area (Å²) in [5.74, 6) is -52.1. The zero-order valence-electron chi connectivity index (χ0n) is 18.1. The Morgan fingerprint density at radius 2 is 0.927 bits per heavy atom. The van der Waals surface area contributed by atoms with Crippen LogP contribution in [0.4, 0.5) is 96.1 Å². The molecule has 7 nitrogen and oxygen atoms in total. The van der Waals surface area contributed by atoms with E-state index in [1.807, 2.05) is 0 Å². The number of anilines is 2. The minimum Gasteiger partial charge on any atom is -0.321 e. The van der Waals surface area contributed by atoms with Crippen molar-refractivity contribution < 1.29 is 93.5 Å². The second kappa shape index (κ2) is 9.99. The summed E-state index contributed by atoms with van der Waals surface area (Å²) >= 11 is 0. The van der Waals surface area contributed by atoms with Crippen molar-refractivity contribution in [3.05, 3.63) is 28.3 Å². The highest BCUT2D eigenvalue weighted by Crippen LogP contribution is 2.54. The number of nitrogens with zero attached hydrogens (tertiary/aromatic N) is 1. The van der Waals surface area contributed by atoms with Gasteiger partial charge in [-0.15, -0.1) is 0 Å². The molecule has 0 bridgehead atoms. The molecule has 0 spiro atoms. The summed E-state index contributed by atoms with van der Waals surface area (Å²) in [5.41, 5.74) is -5.57. The predicted molar refractivity (Wildman–Crippen MR) is 92.1 cm³/mol. The first-order chi connectivity index (χ1) is 17.8. The van der Waals surface area contributed by atoms with E-state index in [-0.39, 0.29) is 12.1 Å². The zero-order chi connectivity index (χ0) is 33.0. The molecule has 1 aromatic carbocycles. The maximum Gasteiger partial charge on any atom is 0.460 e. The van der Waals surface area contributed by atoms with E-state index in [2.05, 4.69) is 0 Å². The molecule has 0 unspecified atom stereocenters. The number of hydrogen-bond acceptors (Lipinski definition) is 4. The van der Waals surface area contributed by atoms with Gasteiger partial charge in [-0.2, -0.15) is 79.0 Å². The van der Waals surface area contributed by atoms with Crippen LogP contribution in [0.3, 0.4) is 0 Å². The standard InChI is InChI=1S/C16H5F18N3O4/c17-9(18,11(21,22)13(25,26)15(29,30)31)7(38)35-4-1-2-6(37(40)41)5(3-4)36-8(39)10(19,20)12(23,24)14(27,28)16(32,33)34/h1-3H,(H,35,38)(H,36,39). The van der Waals surface area contributed by atoms with Gasteiger partial charge in [0, 0.05) is 11.8 Å². The number of benzene rings is 1. The number of amides is 2. The Kier molecular flexibility index (Phi) is 8.60. The molecule has 0 aliphatic heterocycles. The maximum absolute atomic E-state index is 13.7. The van der Waals surface area contributed by atoms with Crippen LogP contribution in [0.25, 0.3) is 0 Å². The molecule has 0 fully saturated rings. The predicted octanol–water partition coefficient (Wildman–Crippen LogP) is 6.41. The van der Waals surface area contributed by atoms with Gasteiger partial charge in [0.05, 0.1) is 4.92 Å². The Morgan fingerprint density at radius 1 is 0.585 bits per heavy atom. The molecule has 2 N–H and O–H groups in total. The number of hydrogen-bond donors (Lipinski definition) is 2. The summed E-state index contributed by atoms with van der Waals surface area (Å²) in [6, 6.07) is -0.751. The minimum absolute atomic E-state index is 0.0770. The number of halogens is 18. The Hall–Kier alpha value is -3.70. The molecule has 0 aromatic heterocycles. The second-order valence-corrected chi connectivity index (χ2v) is 7.34. The fraction of sp³-hybridized carbons (Fsp3) is 0.500. The van der Waals surface area contributed by atoms with Crippen LogP contribution in [-0.4, -0.2) is 64.6 Å². The first-order valence-electron chi connectivity index (χ1n) is 9.14. The molecule has 2 amide bonds. The van der Waals surface area contributed by atoms with E-state index in [0.717, 1.165) is 0 Å². The Balaban J connectivity index is 3.51. The molecule has 0 aliphatic rings. The third-order valence-electron chi connectivity index (χ3n) is 4.56. The zero-order valence-corrected chi connectivity index (χ0v) is 18.1. The van der Waals surface area contributed by atoms with E-state index in [1.165, 1.54) is 0 Å². The van der Waals surface area contributed by atoms with Crippen LogP contribution in [0.2, 0.25) is 0 Å². The van der Waals surface area contributed by atoms with E-state index < -0.39 is 87.8 Å². The lowest BCUT2D eigenvalue weighted by Gasteiger charge is -2.32.